The van der Waals surface area contributed by atoms with Gasteiger partial charge in [0.2, 0.25) is 0 Å². The van der Waals surface area contributed by atoms with E-state index >= 15 is 0 Å². The van der Waals surface area contributed by atoms with Gasteiger partial charge in [-0.05, 0) is 23.8 Å². The van der Waals surface area contributed by atoms with E-state index in [1.54, 1.807) is 0 Å². The van der Waals surface area contributed by atoms with Crippen LogP contribution in [0.5, 0.6) is 0 Å². The molecule has 1 N–H and O–H groups in total. The minimum atomic E-state index is -1.51. The highest BCUT2D eigenvalue weighted by Crippen LogP contribution is 2.32. The topological polar surface area (TPSA) is 45.8 Å². The summed E-state index contributed by atoms with van der Waals surface area (Å²) in [6.45, 7) is 0. The molecule has 0 radical (unpaired) electrons. The van der Waals surface area contributed by atoms with E-state index in [-0.39, 0.29) is 11.1 Å². The Morgan fingerprint density at radius 3 is 2.42 bits per heavy atom. The van der Waals surface area contributed by atoms with Gasteiger partial charge in [0, 0.05) is 4.88 Å². The van der Waals surface area contributed by atoms with Gasteiger partial charge in [-0.1, -0.05) is 0 Å². The first kappa shape index (κ1) is 11.9. The first-order valence-corrected chi connectivity index (χ1v) is 6.00. The van der Waals surface area contributed by atoms with Gasteiger partial charge in [-0.2, -0.15) is 0 Å². The smallest absolute Gasteiger partial charge is 0.268 e. The average Bonchev–Trinajstić information content (AvgIpc) is 2.81. The van der Waals surface area contributed by atoms with E-state index in [9.17, 15) is 18.0 Å². The maximum Gasteiger partial charge on any atom is 0.268 e. The molecule has 7 heteroatoms. The van der Waals surface area contributed by atoms with E-state index in [4.69, 9.17) is 0 Å². The third-order valence-electron chi connectivity index (χ3n) is 2.59. The Kier molecular flexibility index (Phi) is 2.63. The molecule has 3 nitrogen and oxygen atoms in total. The first-order valence-electron chi connectivity index (χ1n) is 5.18. The van der Waals surface area contributed by atoms with Crippen LogP contribution in [-0.4, -0.2) is 9.97 Å². The molecule has 0 aliphatic heterocycles. The predicted octanol–water partition coefficient (Wildman–Crippen LogP) is 3.07. The maximum atomic E-state index is 13.2. The van der Waals surface area contributed by atoms with Crippen molar-refractivity contribution in [3.8, 4) is 10.4 Å². The molecular formula is C12H5F3N2OS. The van der Waals surface area contributed by atoms with Crippen LogP contribution in [0.25, 0.3) is 20.7 Å². The zero-order chi connectivity index (χ0) is 13.6. The molecule has 19 heavy (non-hydrogen) atoms. The second-order valence-corrected chi connectivity index (χ2v) is 4.86. The fourth-order valence-electron chi connectivity index (χ4n) is 1.71. The van der Waals surface area contributed by atoms with Crippen molar-refractivity contribution in [1.82, 2.24) is 9.97 Å². The molecule has 0 saturated heterocycles. The Labute approximate surface area is 108 Å². The van der Waals surface area contributed by atoms with E-state index in [0.29, 0.717) is 15.1 Å². The third-order valence-corrected chi connectivity index (χ3v) is 3.76. The lowest BCUT2D eigenvalue weighted by Gasteiger charge is -1.99. The van der Waals surface area contributed by atoms with Crippen LogP contribution in [0.2, 0.25) is 0 Å². The molecular weight excluding hydrogens is 277 g/mol. The van der Waals surface area contributed by atoms with E-state index in [1.165, 1.54) is 12.4 Å². The number of nitrogens with one attached hydrogen (secondary N) is 1. The predicted molar refractivity (Wildman–Crippen MR) is 65.6 cm³/mol. The lowest BCUT2D eigenvalue weighted by Crippen LogP contribution is -2.02. The van der Waals surface area contributed by atoms with Gasteiger partial charge in [0.25, 0.3) is 5.56 Å². The Morgan fingerprint density at radius 2 is 1.79 bits per heavy atom. The minimum absolute atomic E-state index is 0.166. The maximum absolute atomic E-state index is 13.2. The minimum Gasteiger partial charge on any atom is -0.312 e. The normalized spacial score (nSPS) is 11.1. The van der Waals surface area contributed by atoms with E-state index in [1.807, 2.05) is 0 Å². The van der Waals surface area contributed by atoms with Crippen molar-refractivity contribution in [3.63, 3.8) is 0 Å². The summed E-state index contributed by atoms with van der Waals surface area (Å²) in [5.74, 6) is -4.05. The van der Waals surface area contributed by atoms with Gasteiger partial charge in [-0.15, -0.1) is 11.3 Å². The van der Waals surface area contributed by atoms with Crippen molar-refractivity contribution in [3.05, 3.63) is 52.3 Å². The van der Waals surface area contributed by atoms with Crippen molar-refractivity contribution in [1.29, 1.82) is 0 Å². The van der Waals surface area contributed by atoms with Gasteiger partial charge < -0.3 is 4.98 Å². The lowest BCUT2D eigenvalue weighted by molar-refractivity contribution is 0.448. The molecule has 0 unspecified atom stereocenters. The molecule has 2 aromatic heterocycles. The summed E-state index contributed by atoms with van der Waals surface area (Å²) in [6.07, 6.45) is 1.24. The molecule has 96 valence electrons. The van der Waals surface area contributed by atoms with Crippen LogP contribution < -0.4 is 5.56 Å². The number of nitrogens with zero attached hydrogens (tertiary/aromatic N) is 1. The molecule has 1 aromatic carbocycles. The molecule has 0 saturated carbocycles. The molecule has 3 aromatic rings. The number of halogens is 3. The van der Waals surface area contributed by atoms with Crippen molar-refractivity contribution in [2.75, 3.05) is 0 Å². The van der Waals surface area contributed by atoms with Gasteiger partial charge in [0.1, 0.15) is 4.70 Å². The summed E-state index contributed by atoms with van der Waals surface area (Å²) in [6, 6.07) is 3.30. The summed E-state index contributed by atoms with van der Waals surface area (Å²) >= 11 is 1.04. The van der Waals surface area contributed by atoms with Crippen molar-refractivity contribution >= 4 is 21.6 Å². The van der Waals surface area contributed by atoms with Crippen molar-refractivity contribution < 1.29 is 13.2 Å². The van der Waals surface area contributed by atoms with Gasteiger partial charge >= 0.3 is 0 Å². The molecule has 0 aliphatic carbocycles. The van der Waals surface area contributed by atoms with Crippen LogP contribution >= 0.6 is 11.3 Å². The quantitative estimate of drug-likeness (QED) is 0.697. The van der Waals surface area contributed by atoms with Gasteiger partial charge in [-0.3, -0.25) is 4.79 Å². The van der Waals surface area contributed by atoms with Crippen LogP contribution in [-0.2, 0) is 0 Å². The summed E-state index contributed by atoms with van der Waals surface area (Å²) in [5.41, 5.74) is 0.261. The number of thiophene rings is 1. The number of H-pyrrole nitrogens is 1. The summed E-state index contributed by atoms with van der Waals surface area (Å²) < 4.78 is 39.6. The highest BCUT2D eigenvalue weighted by atomic mass is 32.1. The van der Waals surface area contributed by atoms with Crippen molar-refractivity contribution in [2.24, 2.45) is 0 Å². The van der Waals surface area contributed by atoms with E-state index in [0.717, 1.165) is 23.5 Å². The first-order chi connectivity index (χ1) is 9.06. The molecule has 0 aliphatic rings. The number of aromatic amines is 1. The average molecular weight is 282 g/mol. The van der Waals surface area contributed by atoms with Crippen LogP contribution in [0.15, 0.2) is 29.3 Å². The Morgan fingerprint density at radius 1 is 1.11 bits per heavy atom. The number of hydrogen-bond donors (Lipinski definition) is 1. The molecule has 2 heterocycles. The van der Waals surface area contributed by atoms with Gasteiger partial charge in [0.05, 0.1) is 11.8 Å². The Balaban J connectivity index is 2.25. The number of benzene rings is 1. The fraction of sp³-hybridized carbons (Fsp3) is 0. The lowest BCUT2D eigenvalue weighted by atomic mass is 10.1. The Bertz CT molecular complexity index is 817. The Hall–Kier alpha value is -2.15. The van der Waals surface area contributed by atoms with Gasteiger partial charge in [-0.25, -0.2) is 18.2 Å². The fourth-order valence-corrected chi connectivity index (χ4v) is 2.70. The number of hydrogen-bond acceptors (Lipinski definition) is 3. The highest BCUT2D eigenvalue weighted by Gasteiger charge is 2.14. The second-order valence-electron chi connectivity index (χ2n) is 3.81. The van der Waals surface area contributed by atoms with Crippen molar-refractivity contribution in [2.45, 2.75) is 0 Å². The van der Waals surface area contributed by atoms with Crippen LogP contribution in [0.1, 0.15) is 0 Å². The largest absolute Gasteiger partial charge is 0.312 e. The molecule has 0 atom stereocenters. The van der Waals surface area contributed by atoms with Crippen LogP contribution in [0.4, 0.5) is 13.2 Å². The van der Waals surface area contributed by atoms with Gasteiger partial charge in [0.15, 0.2) is 17.5 Å². The summed E-state index contributed by atoms with van der Waals surface area (Å²) in [5, 5.41) is 0. The second kappa shape index (κ2) is 4.20. The zero-order valence-electron chi connectivity index (χ0n) is 9.21. The molecule has 0 bridgehead atoms. The standard InChI is InChI=1S/C12H5F3N2OS/c13-6-1-5(2-7(14)10(6)15)9-3-8-11(19-9)12(18)17-4-16-8/h1-4H,(H,16,17,18). The van der Waals surface area contributed by atoms with Crippen LogP contribution in [0, 0.1) is 17.5 Å². The highest BCUT2D eigenvalue weighted by molar-refractivity contribution is 7.22. The zero-order valence-corrected chi connectivity index (χ0v) is 10.0. The van der Waals surface area contributed by atoms with E-state index in [2.05, 4.69) is 9.97 Å². The summed E-state index contributed by atoms with van der Waals surface area (Å²) in [4.78, 5) is 18.3. The number of rotatable bonds is 1. The monoisotopic (exact) mass is 282 g/mol. The van der Waals surface area contributed by atoms with E-state index < -0.39 is 17.5 Å². The number of aromatic nitrogens is 2. The molecule has 3 rings (SSSR count). The molecule has 0 fully saturated rings. The number of fused-ring (bicyclic) bond motifs is 1. The van der Waals surface area contributed by atoms with Crippen LogP contribution in [0.3, 0.4) is 0 Å². The molecule has 0 spiro atoms. The SMILES string of the molecule is O=c1[nH]cnc2cc(-c3cc(F)c(F)c(F)c3)sc12. The summed E-state index contributed by atoms with van der Waals surface area (Å²) in [7, 11) is 0. The third kappa shape index (κ3) is 1.91. The molecule has 0 amide bonds.